The van der Waals surface area contributed by atoms with Crippen molar-refractivity contribution in [3.05, 3.63) is 92.8 Å². The second kappa shape index (κ2) is 15.0. The average molecular weight is 557 g/mol. The molecule has 0 fully saturated rings. The van der Waals surface area contributed by atoms with Crippen LogP contribution in [-0.4, -0.2) is 45.4 Å². The third-order valence-electron chi connectivity index (χ3n) is 5.42. The zero-order chi connectivity index (χ0) is 27.3. The number of rotatable bonds is 10. The van der Waals surface area contributed by atoms with E-state index in [1.807, 2.05) is 62.4 Å². The molecule has 2 aromatic carbocycles. The molecule has 38 heavy (non-hydrogen) atoms. The highest BCUT2D eigenvalue weighted by Crippen LogP contribution is 2.24. The predicted octanol–water partition coefficient (Wildman–Crippen LogP) is 5.51. The molecule has 0 spiro atoms. The van der Waals surface area contributed by atoms with Gasteiger partial charge >= 0.3 is 0 Å². The average Bonchev–Trinajstić information content (AvgIpc) is 2.93. The van der Waals surface area contributed by atoms with Gasteiger partial charge in [-0.15, -0.1) is 23.2 Å². The first-order chi connectivity index (χ1) is 18.4. The molecule has 8 nitrogen and oxygen atoms in total. The molecule has 4 aromatic rings. The minimum absolute atomic E-state index is 0.206. The van der Waals surface area contributed by atoms with E-state index in [1.165, 1.54) is 0 Å². The lowest BCUT2D eigenvalue weighted by atomic mass is 10.1. The van der Waals surface area contributed by atoms with Crippen LogP contribution in [0.3, 0.4) is 0 Å². The van der Waals surface area contributed by atoms with Crippen LogP contribution in [0.2, 0.25) is 0 Å². The number of alkyl halides is 2. The Morgan fingerprint density at radius 3 is 1.37 bits per heavy atom. The molecule has 0 aliphatic heterocycles. The number of hydrogen-bond acceptors (Lipinski definition) is 6. The number of benzene rings is 2. The van der Waals surface area contributed by atoms with Crippen LogP contribution < -0.4 is 20.6 Å². The van der Waals surface area contributed by atoms with Gasteiger partial charge in [0.05, 0.1) is 24.6 Å². The van der Waals surface area contributed by atoms with Gasteiger partial charge in [-0.05, 0) is 62.1 Å². The maximum Gasteiger partial charge on any atom is 0.264 e. The molecule has 10 heteroatoms. The van der Waals surface area contributed by atoms with Crippen molar-refractivity contribution >= 4 is 23.2 Å². The van der Waals surface area contributed by atoms with Crippen molar-refractivity contribution in [1.29, 1.82) is 0 Å². The molecule has 0 aliphatic rings. The van der Waals surface area contributed by atoms with Gasteiger partial charge in [-0.1, -0.05) is 24.3 Å². The Bertz CT molecular complexity index is 1300. The Labute approximate surface area is 231 Å². The third-order valence-corrected chi connectivity index (χ3v) is 5.96. The van der Waals surface area contributed by atoms with E-state index in [0.29, 0.717) is 25.0 Å². The SMILES string of the molecule is Cc1n[nH]c(=O)cc1-c1ccc(OCCCCl)cc1.Cc1n[nH]c(=O)cc1-c1ccc(OCCCCl)cc1. The molecule has 2 aromatic heterocycles. The van der Waals surface area contributed by atoms with Crippen molar-refractivity contribution in [3.63, 3.8) is 0 Å². The van der Waals surface area contributed by atoms with Gasteiger partial charge in [0.25, 0.3) is 11.1 Å². The van der Waals surface area contributed by atoms with Gasteiger partial charge in [0.15, 0.2) is 0 Å². The summed E-state index contributed by atoms with van der Waals surface area (Å²) in [6.07, 6.45) is 1.64. The Morgan fingerprint density at radius 2 is 1.03 bits per heavy atom. The van der Waals surface area contributed by atoms with Crippen molar-refractivity contribution in [3.8, 4) is 33.8 Å². The molecule has 2 N–H and O–H groups in total. The lowest BCUT2D eigenvalue weighted by Gasteiger charge is -2.07. The monoisotopic (exact) mass is 556 g/mol. The second-order valence-electron chi connectivity index (χ2n) is 8.29. The summed E-state index contributed by atoms with van der Waals surface area (Å²) in [5.41, 5.74) is 4.71. The van der Waals surface area contributed by atoms with Gasteiger partial charge in [-0.3, -0.25) is 9.59 Å². The summed E-state index contributed by atoms with van der Waals surface area (Å²) in [6.45, 7) is 4.93. The lowest BCUT2D eigenvalue weighted by Crippen LogP contribution is -2.08. The largest absolute Gasteiger partial charge is 0.494 e. The van der Waals surface area contributed by atoms with E-state index >= 15 is 0 Å². The Kier molecular flexibility index (Phi) is 11.4. The number of aryl methyl sites for hydroxylation is 2. The van der Waals surface area contributed by atoms with Gasteiger partial charge in [0.1, 0.15) is 11.5 Å². The van der Waals surface area contributed by atoms with E-state index in [2.05, 4.69) is 20.4 Å². The topological polar surface area (TPSA) is 110 Å². The molecule has 0 amide bonds. The normalized spacial score (nSPS) is 10.4. The Balaban J connectivity index is 0.000000211. The van der Waals surface area contributed by atoms with Gasteiger partial charge in [-0.2, -0.15) is 10.2 Å². The quantitative estimate of drug-likeness (QED) is 0.197. The molecule has 0 atom stereocenters. The van der Waals surface area contributed by atoms with E-state index in [1.54, 1.807) is 12.1 Å². The minimum Gasteiger partial charge on any atom is -0.494 e. The minimum atomic E-state index is -0.206. The molecule has 0 saturated heterocycles. The maximum atomic E-state index is 11.3. The van der Waals surface area contributed by atoms with Crippen molar-refractivity contribution in [2.75, 3.05) is 25.0 Å². The summed E-state index contributed by atoms with van der Waals surface area (Å²) in [5.74, 6) is 2.78. The predicted molar refractivity (Wildman–Crippen MR) is 152 cm³/mol. The summed E-state index contributed by atoms with van der Waals surface area (Å²) in [7, 11) is 0. The first-order valence-corrected chi connectivity index (χ1v) is 13.2. The number of ether oxygens (including phenoxy) is 2. The molecule has 0 aliphatic carbocycles. The van der Waals surface area contributed by atoms with Crippen LogP contribution in [0.15, 0.2) is 70.3 Å². The van der Waals surface area contributed by atoms with Crippen LogP contribution in [0.1, 0.15) is 24.2 Å². The van der Waals surface area contributed by atoms with Crippen LogP contribution in [0.5, 0.6) is 11.5 Å². The number of nitrogens with zero attached hydrogens (tertiary/aromatic N) is 2. The molecule has 200 valence electrons. The zero-order valence-corrected chi connectivity index (χ0v) is 22.8. The summed E-state index contributed by atoms with van der Waals surface area (Å²) < 4.78 is 11.0. The van der Waals surface area contributed by atoms with Crippen molar-refractivity contribution in [2.45, 2.75) is 26.7 Å². The van der Waals surface area contributed by atoms with Crippen molar-refractivity contribution < 1.29 is 9.47 Å². The van der Waals surface area contributed by atoms with E-state index in [9.17, 15) is 9.59 Å². The molecule has 0 saturated carbocycles. The maximum absolute atomic E-state index is 11.3. The molecule has 0 bridgehead atoms. The second-order valence-corrected chi connectivity index (χ2v) is 9.05. The van der Waals surface area contributed by atoms with Gasteiger partial charge in [0, 0.05) is 35.0 Å². The van der Waals surface area contributed by atoms with Gasteiger partial charge in [0.2, 0.25) is 0 Å². The lowest BCUT2D eigenvalue weighted by molar-refractivity contribution is 0.318. The summed E-state index contributed by atoms with van der Waals surface area (Å²) in [5, 5.41) is 12.7. The van der Waals surface area contributed by atoms with Gasteiger partial charge < -0.3 is 9.47 Å². The van der Waals surface area contributed by atoms with Gasteiger partial charge in [-0.25, -0.2) is 10.2 Å². The molecule has 2 heterocycles. The first-order valence-electron chi connectivity index (χ1n) is 12.1. The molecule has 0 radical (unpaired) electrons. The summed E-state index contributed by atoms with van der Waals surface area (Å²) >= 11 is 11.2. The zero-order valence-electron chi connectivity index (χ0n) is 21.3. The Hall–Kier alpha value is -3.62. The van der Waals surface area contributed by atoms with Crippen molar-refractivity contribution in [1.82, 2.24) is 20.4 Å². The summed E-state index contributed by atoms with van der Waals surface area (Å²) in [6, 6.07) is 18.3. The van der Waals surface area contributed by atoms with Crippen LogP contribution in [-0.2, 0) is 0 Å². The molecule has 0 unspecified atom stereocenters. The number of aromatic amines is 2. The highest BCUT2D eigenvalue weighted by atomic mass is 35.5. The van der Waals surface area contributed by atoms with Crippen molar-refractivity contribution in [2.24, 2.45) is 0 Å². The van der Waals surface area contributed by atoms with E-state index in [4.69, 9.17) is 32.7 Å². The van der Waals surface area contributed by atoms with E-state index in [-0.39, 0.29) is 11.1 Å². The summed E-state index contributed by atoms with van der Waals surface area (Å²) in [4.78, 5) is 22.6. The fraction of sp³-hybridized carbons (Fsp3) is 0.286. The highest BCUT2D eigenvalue weighted by Gasteiger charge is 2.06. The van der Waals surface area contributed by atoms with E-state index in [0.717, 1.165) is 58.0 Å². The highest BCUT2D eigenvalue weighted by molar-refractivity contribution is 6.18. The standard InChI is InChI=1S/2C14H15ClN2O2/c2*1-10-13(9-14(18)17-16-10)11-3-5-12(6-4-11)19-8-2-7-15/h2*3-6,9H,2,7-8H2,1H3,(H,17,18). The first kappa shape index (κ1) is 28.9. The number of nitrogens with one attached hydrogen (secondary N) is 2. The molecule has 4 rings (SSSR count). The third kappa shape index (κ3) is 8.75. The van der Waals surface area contributed by atoms with E-state index < -0.39 is 0 Å². The number of aromatic nitrogens is 4. The number of hydrogen-bond donors (Lipinski definition) is 2. The number of H-pyrrole nitrogens is 2. The van der Waals surface area contributed by atoms with Crippen LogP contribution in [0, 0.1) is 13.8 Å². The number of halogens is 2. The molecular weight excluding hydrogens is 527 g/mol. The molecular formula is C28H30Cl2N4O4. The van der Waals surface area contributed by atoms with Crippen LogP contribution >= 0.6 is 23.2 Å². The fourth-order valence-electron chi connectivity index (χ4n) is 3.47. The van der Waals surface area contributed by atoms with Crippen LogP contribution in [0.4, 0.5) is 0 Å². The Morgan fingerprint density at radius 1 is 0.658 bits per heavy atom. The van der Waals surface area contributed by atoms with Crippen LogP contribution in [0.25, 0.3) is 22.3 Å². The smallest absolute Gasteiger partial charge is 0.264 e. The fourth-order valence-corrected chi connectivity index (χ4v) is 3.69.